The Labute approximate surface area is 181 Å². The molecule has 162 valence electrons. The molecule has 1 aliphatic heterocycles. The molecule has 2 aliphatic rings. The Hall–Kier alpha value is -1.71. The Balaban J connectivity index is 1.39. The minimum Gasteiger partial charge on any atom is -0.380 e. The van der Waals surface area contributed by atoms with Gasteiger partial charge < -0.3 is 4.74 Å². The number of benzene rings is 2. The van der Waals surface area contributed by atoms with E-state index < -0.39 is 0 Å². The number of hydrogen-bond donors (Lipinski definition) is 0. The molecule has 0 radical (unpaired) electrons. The third kappa shape index (κ3) is 4.95. The van der Waals surface area contributed by atoms with Gasteiger partial charge in [0.25, 0.3) is 0 Å². The lowest BCUT2D eigenvalue weighted by Gasteiger charge is -2.38. The number of rotatable bonds is 6. The van der Waals surface area contributed by atoms with Crippen LogP contribution in [0.15, 0.2) is 36.4 Å². The predicted molar refractivity (Wildman–Crippen MR) is 121 cm³/mol. The number of aryl methyl sites for hydroxylation is 2. The van der Waals surface area contributed by atoms with Crippen molar-refractivity contribution in [3.05, 3.63) is 70.0 Å². The van der Waals surface area contributed by atoms with E-state index in [4.69, 9.17) is 4.74 Å². The van der Waals surface area contributed by atoms with Crippen LogP contribution in [0.25, 0.3) is 0 Å². The van der Waals surface area contributed by atoms with Crippen molar-refractivity contribution in [3.8, 4) is 0 Å². The van der Waals surface area contributed by atoms with Gasteiger partial charge in [0.15, 0.2) is 0 Å². The van der Waals surface area contributed by atoms with Crippen LogP contribution in [-0.4, -0.2) is 25.1 Å². The second-order valence-electron chi connectivity index (χ2n) is 9.92. The van der Waals surface area contributed by atoms with Crippen molar-refractivity contribution in [2.75, 3.05) is 20.2 Å². The highest BCUT2D eigenvalue weighted by Crippen LogP contribution is 2.47. The Morgan fingerprint density at radius 2 is 1.97 bits per heavy atom. The molecular formula is C27H36FNO. The molecule has 0 amide bonds. The van der Waals surface area contributed by atoms with Crippen molar-refractivity contribution in [3.63, 3.8) is 0 Å². The molecule has 2 aromatic rings. The molecule has 30 heavy (non-hydrogen) atoms. The van der Waals surface area contributed by atoms with Crippen LogP contribution in [0.5, 0.6) is 0 Å². The van der Waals surface area contributed by atoms with Crippen LogP contribution < -0.4 is 0 Å². The second kappa shape index (κ2) is 9.20. The molecule has 2 atom stereocenters. The largest absolute Gasteiger partial charge is 0.380 e. The molecule has 0 aromatic heterocycles. The molecule has 2 unspecified atom stereocenters. The molecular weight excluding hydrogens is 373 g/mol. The van der Waals surface area contributed by atoms with E-state index in [9.17, 15) is 4.39 Å². The summed E-state index contributed by atoms with van der Waals surface area (Å²) < 4.78 is 19.7. The Morgan fingerprint density at radius 3 is 2.80 bits per heavy atom. The highest BCUT2D eigenvalue weighted by Gasteiger charge is 2.41. The van der Waals surface area contributed by atoms with Gasteiger partial charge in [-0.2, -0.15) is 0 Å². The van der Waals surface area contributed by atoms with Crippen LogP contribution in [0.3, 0.4) is 0 Å². The van der Waals surface area contributed by atoms with E-state index >= 15 is 0 Å². The molecule has 2 aromatic carbocycles. The van der Waals surface area contributed by atoms with Gasteiger partial charge in [-0.15, -0.1) is 0 Å². The minimum absolute atomic E-state index is 0.0282. The minimum atomic E-state index is -0.0282. The van der Waals surface area contributed by atoms with Crippen molar-refractivity contribution >= 4 is 0 Å². The number of halogens is 1. The summed E-state index contributed by atoms with van der Waals surface area (Å²) in [6, 6.07) is 12.4. The second-order valence-corrected chi connectivity index (χ2v) is 9.92. The van der Waals surface area contributed by atoms with Crippen molar-refractivity contribution in [1.82, 2.24) is 4.90 Å². The van der Waals surface area contributed by atoms with E-state index in [1.807, 2.05) is 12.1 Å². The maximum atomic E-state index is 14.3. The normalized spacial score (nSPS) is 24.6. The highest BCUT2D eigenvalue weighted by atomic mass is 19.1. The summed E-state index contributed by atoms with van der Waals surface area (Å²) in [6.07, 6.45) is 7.30. The van der Waals surface area contributed by atoms with Gasteiger partial charge in [0.2, 0.25) is 0 Å². The summed E-state index contributed by atoms with van der Waals surface area (Å²) >= 11 is 0. The number of ether oxygens (including phenoxy) is 1. The SMILES string of the molecule is COCc1cc(CN2CCC3(CCCC(Cc4cc(C)ccc4F)C3)C2)ccc1C. The Kier molecular flexibility index (Phi) is 6.60. The summed E-state index contributed by atoms with van der Waals surface area (Å²) in [5.41, 5.74) is 6.49. The van der Waals surface area contributed by atoms with Crippen LogP contribution in [0, 0.1) is 31.0 Å². The first-order valence-corrected chi connectivity index (χ1v) is 11.5. The average molecular weight is 410 g/mol. The highest BCUT2D eigenvalue weighted by molar-refractivity contribution is 5.31. The van der Waals surface area contributed by atoms with Crippen molar-refractivity contribution in [1.29, 1.82) is 0 Å². The lowest BCUT2D eigenvalue weighted by Crippen LogP contribution is -2.33. The first kappa shape index (κ1) is 21.5. The molecule has 0 bridgehead atoms. The van der Waals surface area contributed by atoms with Crippen molar-refractivity contribution in [2.45, 2.75) is 65.5 Å². The molecule has 1 saturated carbocycles. The predicted octanol–water partition coefficient (Wildman–Crippen LogP) is 6.21. The van der Waals surface area contributed by atoms with Gasteiger partial charge >= 0.3 is 0 Å². The average Bonchev–Trinajstić information content (AvgIpc) is 3.09. The van der Waals surface area contributed by atoms with E-state index in [2.05, 4.69) is 36.9 Å². The van der Waals surface area contributed by atoms with Crippen molar-refractivity contribution in [2.24, 2.45) is 11.3 Å². The van der Waals surface area contributed by atoms with Gasteiger partial charge in [0.05, 0.1) is 6.61 Å². The summed E-state index contributed by atoms with van der Waals surface area (Å²) in [4.78, 5) is 2.64. The van der Waals surface area contributed by atoms with Gasteiger partial charge in [0, 0.05) is 20.2 Å². The fraction of sp³-hybridized carbons (Fsp3) is 0.556. The molecule has 1 saturated heterocycles. The molecule has 1 spiro atoms. The molecule has 0 N–H and O–H groups in total. The number of nitrogens with zero attached hydrogens (tertiary/aromatic N) is 1. The zero-order chi connectivity index (χ0) is 21.1. The number of likely N-dealkylation sites (tertiary alicyclic amines) is 1. The standard InChI is InChI=1S/C27H36FNO/c1-20-6-9-26(28)24(13-20)14-22-5-4-10-27(16-22)11-12-29(19-27)17-23-8-7-21(2)25(15-23)18-30-3/h6-9,13,15,22H,4-5,10-12,14,16-19H2,1-3H3. The summed E-state index contributed by atoms with van der Waals surface area (Å²) in [6.45, 7) is 8.29. The first-order valence-electron chi connectivity index (χ1n) is 11.5. The third-order valence-electron chi connectivity index (χ3n) is 7.39. The van der Waals surface area contributed by atoms with Crippen molar-refractivity contribution < 1.29 is 9.13 Å². The molecule has 3 heteroatoms. The first-order chi connectivity index (χ1) is 14.5. The fourth-order valence-corrected chi connectivity index (χ4v) is 5.85. The van der Waals surface area contributed by atoms with Crippen LogP contribution in [0.1, 0.15) is 59.9 Å². The van der Waals surface area contributed by atoms with Gasteiger partial charge in [-0.05, 0) is 85.7 Å². The Morgan fingerprint density at radius 1 is 1.10 bits per heavy atom. The van der Waals surface area contributed by atoms with Crippen LogP contribution in [0.4, 0.5) is 4.39 Å². The summed E-state index contributed by atoms with van der Waals surface area (Å²) in [5, 5.41) is 0. The van der Waals surface area contributed by atoms with Crippen LogP contribution >= 0.6 is 0 Å². The maximum Gasteiger partial charge on any atom is 0.126 e. The molecule has 4 rings (SSSR count). The molecule has 2 nitrogen and oxygen atoms in total. The molecule has 1 heterocycles. The van der Waals surface area contributed by atoms with Gasteiger partial charge in [0.1, 0.15) is 5.82 Å². The zero-order valence-electron chi connectivity index (χ0n) is 18.8. The quantitative estimate of drug-likeness (QED) is 0.562. The lowest BCUT2D eigenvalue weighted by molar-refractivity contribution is 0.138. The maximum absolute atomic E-state index is 14.3. The topological polar surface area (TPSA) is 12.5 Å². The number of methoxy groups -OCH3 is 1. The summed E-state index contributed by atoms with van der Waals surface area (Å²) in [7, 11) is 1.76. The molecule has 1 aliphatic carbocycles. The number of hydrogen-bond acceptors (Lipinski definition) is 2. The smallest absolute Gasteiger partial charge is 0.126 e. The van der Waals surface area contributed by atoms with Crippen LogP contribution in [0.2, 0.25) is 0 Å². The van der Waals surface area contributed by atoms with E-state index in [-0.39, 0.29) is 5.82 Å². The third-order valence-corrected chi connectivity index (χ3v) is 7.39. The van der Waals surface area contributed by atoms with E-state index in [0.29, 0.717) is 17.9 Å². The fourth-order valence-electron chi connectivity index (χ4n) is 5.85. The van der Waals surface area contributed by atoms with E-state index in [0.717, 1.165) is 24.1 Å². The van der Waals surface area contributed by atoms with Gasteiger partial charge in [-0.1, -0.05) is 48.7 Å². The summed E-state index contributed by atoms with van der Waals surface area (Å²) in [5.74, 6) is 0.585. The van der Waals surface area contributed by atoms with E-state index in [1.54, 1.807) is 13.2 Å². The molecule has 2 fully saturated rings. The zero-order valence-corrected chi connectivity index (χ0v) is 18.8. The van der Waals surface area contributed by atoms with Crippen LogP contribution in [-0.2, 0) is 24.3 Å². The van der Waals surface area contributed by atoms with Gasteiger partial charge in [-0.3, -0.25) is 4.90 Å². The lowest BCUT2D eigenvalue weighted by atomic mass is 9.68. The Bertz CT molecular complexity index is 879. The van der Waals surface area contributed by atoms with Gasteiger partial charge in [-0.25, -0.2) is 4.39 Å². The van der Waals surface area contributed by atoms with E-state index in [1.165, 1.54) is 61.9 Å². The monoisotopic (exact) mass is 409 g/mol.